The molecule has 10 nitrogen and oxygen atoms in total. The van der Waals surface area contributed by atoms with E-state index in [1.165, 1.54) is 14.2 Å². The zero-order valence-electron chi connectivity index (χ0n) is 19.9. The molecule has 2 saturated heterocycles. The lowest BCUT2D eigenvalue weighted by atomic mass is 9.88. The highest BCUT2D eigenvalue weighted by Gasteiger charge is 2.51. The van der Waals surface area contributed by atoms with Gasteiger partial charge in [0.15, 0.2) is 0 Å². The lowest BCUT2D eigenvalue weighted by molar-refractivity contribution is -0.154. The molecular weight excluding hydrogens is 461 g/mol. The van der Waals surface area contributed by atoms with E-state index < -0.39 is 25.6 Å². The van der Waals surface area contributed by atoms with Gasteiger partial charge >= 0.3 is 13.6 Å². The summed E-state index contributed by atoms with van der Waals surface area (Å²) in [4.78, 5) is 48.3. The van der Waals surface area contributed by atoms with E-state index in [1.54, 1.807) is 24.3 Å². The molecule has 2 aliphatic heterocycles. The molecule has 2 fully saturated rings. The molecule has 3 N–H and O–H groups in total. The number of amides is 2. The minimum atomic E-state index is -4.16. The van der Waals surface area contributed by atoms with Crippen molar-refractivity contribution >= 4 is 30.7 Å². The molecule has 3 unspecified atom stereocenters. The van der Waals surface area contributed by atoms with Gasteiger partial charge in [-0.15, -0.1) is 0 Å². The summed E-state index contributed by atoms with van der Waals surface area (Å²) in [6.45, 7) is 0.387. The first-order chi connectivity index (χ1) is 16.2. The van der Waals surface area contributed by atoms with Crippen LogP contribution in [0.2, 0.25) is 0 Å². The van der Waals surface area contributed by atoms with E-state index >= 15 is 0 Å². The summed E-state index contributed by atoms with van der Waals surface area (Å²) in [6.07, 6.45) is 2.34. The average molecular weight is 496 g/mol. The van der Waals surface area contributed by atoms with Crippen LogP contribution in [0.15, 0.2) is 24.3 Å². The number of carbonyl (C=O) groups is 3. The fraction of sp³-hybridized carbons (Fsp3) is 0.609. The molecule has 0 radical (unpaired) electrons. The zero-order valence-corrected chi connectivity index (χ0v) is 20.8. The number of rotatable bonds is 10. The number of piperidine rings is 1. The van der Waals surface area contributed by atoms with Crippen molar-refractivity contribution in [1.82, 2.24) is 15.5 Å². The fourth-order valence-electron chi connectivity index (χ4n) is 4.86. The Morgan fingerprint density at radius 3 is 2.47 bits per heavy atom. The fourth-order valence-corrected chi connectivity index (χ4v) is 6.09. The van der Waals surface area contributed by atoms with Crippen LogP contribution in [0.25, 0.3) is 0 Å². The highest BCUT2D eigenvalue weighted by atomic mass is 31.2. The van der Waals surface area contributed by atoms with E-state index in [1.807, 2.05) is 7.05 Å². The first kappa shape index (κ1) is 26.3. The smallest absolute Gasteiger partial charge is 0.359 e. The van der Waals surface area contributed by atoms with Crippen molar-refractivity contribution in [2.45, 2.75) is 56.7 Å². The molecule has 2 aliphatic rings. The molecule has 2 heterocycles. The van der Waals surface area contributed by atoms with Crippen LogP contribution >= 0.6 is 7.60 Å². The van der Waals surface area contributed by atoms with Crippen LogP contribution < -0.4 is 15.9 Å². The first-order valence-corrected chi connectivity index (χ1v) is 13.1. The summed E-state index contributed by atoms with van der Waals surface area (Å²) in [5.41, 5.74) is 0.875. The third kappa shape index (κ3) is 6.24. The quantitative estimate of drug-likeness (QED) is 0.319. The number of ether oxygens (including phenoxy) is 1. The molecule has 0 aliphatic carbocycles. The molecular formula is C23H34N3O7P. The molecule has 0 saturated carbocycles. The van der Waals surface area contributed by atoms with Crippen molar-refractivity contribution in [3.05, 3.63) is 29.8 Å². The van der Waals surface area contributed by atoms with Crippen LogP contribution in [0.3, 0.4) is 0 Å². The normalized spacial score (nSPS) is 25.9. The van der Waals surface area contributed by atoms with Crippen molar-refractivity contribution in [2.75, 3.05) is 27.7 Å². The second-order valence-electron chi connectivity index (χ2n) is 8.85. The van der Waals surface area contributed by atoms with Gasteiger partial charge in [0.1, 0.15) is 0 Å². The van der Waals surface area contributed by atoms with E-state index in [4.69, 9.17) is 9.26 Å². The van der Waals surface area contributed by atoms with E-state index in [9.17, 15) is 23.8 Å². The SMILES string of the molecule is CNC(=O)CCC(=O)NCCc1ccc(P(=O)(O)O[C@H]2CC3CCC([C@H]2C(=O)OC)N3C)cc1. The first-order valence-electron chi connectivity index (χ1n) is 11.5. The molecule has 34 heavy (non-hydrogen) atoms. The number of methoxy groups -OCH3 is 1. The Morgan fingerprint density at radius 2 is 1.82 bits per heavy atom. The molecule has 188 valence electrons. The van der Waals surface area contributed by atoms with Crippen molar-refractivity contribution in [2.24, 2.45) is 5.92 Å². The van der Waals surface area contributed by atoms with Crippen LogP contribution in [0.4, 0.5) is 0 Å². The van der Waals surface area contributed by atoms with Gasteiger partial charge in [-0.05, 0) is 50.4 Å². The molecule has 0 aromatic heterocycles. The summed E-state index contributed by atoms with van der Waals surface area (Å²) in [7, 11) is 0.650. The standard InChI is InChI=1S/C23H34N3O7P/c1-24-20(27)10-11-21(28)25-13-12-15-4-7-17(8-5-15)34(30,31)33-19-14-16-6-9-18(26(16)2)22(19)23(29)32-3/h4-5,7-8,16,18-19,22H,6,9-14H2,1-3H3,(H,24,27)(H,25,28)(H,30,31)/t16?,18?,19-,22+/m0/s1. The van der Waals surface area contributed by atoms with Crippen LogP contribution in [-0.2, 0) is 34.6 Å². The number of hydrogen-bond acceptors (Lipinski definition) is 7. The number of fused-ring (bicyclic) bond motifs is 2. The van der Waals surface area contributed by atoms with Gasteiger partial charge in [0.05, 0.1) is 24.4 Å². The molecule has 11 heteroatoms. The Hall–Kier alpha value is -2.26. The molecule has 3 rings (SSSR count). The third-order valence-electron chi connectivity index (χ3n) is 6.82. The van der Waals surface area contributed by atoms with Crippen molar-refractivity contribution in [3.63, 3.8) is 0 Å². The molecule has 0 spiro atoms. The predicted octanol–water partition coefficient (Wildman–Crippen LogP) is 0.723. The van der Waals surface area contributed by atoms with E-state index in [0.717, 1.165) is 18.4 Å². The summed E-state index contributed by atoms with van der Waals surface area (Å²) < 4.78 is 23.8. The lowest BCUT2D eigenvalue weighted by Crippen LogP contribution is -2.53. The van der Waals surface area contributed by atoms with E-state index in [-0.39, 0.29) is 42.0 Å². The van der Waals surface area contributed by atoms with Gasteiger partial charge in [-0.25, -0.2) is 0 Å². The van der Waals surface area contributed by atoms with Gasteiger partial charge < -0.3 is 24.8 Å². The number of nitrogens with zero attached hydrogens (tertiary/aromatic N) is 1. The molecule has 1 aromatic rings. The minimum Gasteiger partial charge on any atom is -0.469 e. The Morgan fingerprint density at radius 1 is 1.15 bits per heavy atom. The maximum atomic E-state index is 13.1. The number of esters is 1. The number of hydrogen-bond donors (Lipinski definition) is 3. The predicted molar refractivity (Wildman–Crippen MR) is 125 cm³/mol. The van der Waals surface area contributed by atoms with Gasteiger partial charge in [-0.3, -0.25) is 23.8 Å². The largest absolute Gasteiger partial charge is 0.469 e. The molecule has 5 atom stereocenters. The summed E-state index contributed by atoms with van der Waals surface area (Å²) in [6, 6.07) is 6.67. The second kappa shape index (κ2) is 11.4. The number of nitrogens with one attached hydrogen (secondary N) is 2. The van der Waals surface area contributed by atoms with Crippen molar-refractivity contribution in [1.29, 1.82) is 0 Å². The highest BCUT2D eigenvalue weighted by Crippen LogP contribution is 2.49. The van der Waals surface area contributed by atoms with Crippen molar-refractivity contribution in [3.8, 4) is 0 Å². The summed E-state index contributed by atoms with van der Waals surface area (Å²) >= 11 is 0. The Labute approximate surface area is 199 Å². The van der Waals surface area contributed by atoms with E-state index in [2.05, 4.69) is 15.5 Å². The summed E-state index contributed by atoms with van der Waals surface area (Å²) in [5, 5.41) is 5.37. The van der Waals surface area contributed by atoms with Crippen molar-refractivity contribution < 1.29 is 33.1 Å². The maximum absolute atomic E-state index is 13.1. The van der Waals surface area contributed by atoms with Crippen LogP contribution in [0, 0.1) is 5.92 Å². The zero-order chi connectivity index (χ0) is 24.9. The third-order valence-corrected chi connectivity index (χ3v) is 8.33. The Balaban J connectivity index is 1.57. The molecule has 1 aromatic carbocycles. The minimum absolute atomic E-state index is 0.0647. The van der Waals surface area contributed by atoms with Gasteiger partial charge in [-0.1, -0.05) is 12.1 Å². The summed E-state index contributed by atoms with van der Waals surface area (Å²) in [5.74, 6) is -1.43. The maximum Gasteiger partial charge on any atom is 0.359 e. The van der Waals surface area contributed by atoms with Gasteiger partial charge in [0.25, 0.3) is 0 Å². The highest BCUT2D eigenvalue weighted by molar-refractivity contribution is 7.61. The van der Waals surface area contributed by atoms with Gasteiger partial charge in [-0.2, -0.15) is 0 Å². The van der Waals surface area contributed by atoms with Gasteiger partial charge in [0.2, 0.25) is 11.8 Å². The monoisotopic (exact) mass is 495 g/mol. The number of carbonyl (C=O) groups excluding carboxylic acids is 3. The van der Waals surface area contributed by atoms with E-state index in [0.29, 0.717) is 19.4 Å². The van der Waals surface area contributed by atoms with Crippen LogP contribution in [0.5, 0.6) is 0 Å². The van der Waals surface area contributed by atoms with Gasteiger partial charge in [0, 0.05) is 38.5 Å². The number of benzene rings is 1. The van der Waals surface area contributed by atoms with Crippen LogP contribution in [-0.4, -0.2) is 73.5 Å². The molecule has 2 amide bonds. The molecule has 2 bridgehead atoms. The topological polar surface area (TPSA) is 134 Å². The average Bonchev–Trinajstić information content (AvgIpc) is 3.05. The lowest BCUT2D eigenvalue weighted by Gasteiger charge is -2.41. The Bertz CT molecular complexity index is 939. The van der Waals surface area contributed by atoms with Crippen LogP contribution in [0.1, 0.15) is 37.7 Å². The second-order valence-corrected chi connectivity index (χ2v) is 10.6. The Kier molecular flexibility index (Phi) is 8.87.